The van der Waals surface area contributed by atoms with E-state index in [-0.39, 0.29) is 5.82 Å². The summed E-state index contributed by atoms with van der Waals surface area (Å²) < 4.78 is 30.8. The Bertz CT molecular complexity index is 1950. The van der Waals surface area contributed by atoms with Crippen molar-refractivity contribution in [2.45, 2.75) is 26.5 Å². The number of allylic oxidation sites excluding steroid dienone is 1. The van der Waals surface area contributed by atoms with Crippen molar-refractivity contribution in [1.29, 1.82) is 0 Å². The van der Waals surface area contributed by atoms with Gasteiger partial charge < -0.3 is 19.1 Å². The lowest BCUT2D eigenvalue weighted by Crippen LogP contribution is -2.45. The summed E-state index contributed by atoms with van der Waals surface area (Å²) in [4.78, 5) is 20.8. The third kappa shape index (κ3) is 9.88. The molecule has 1 aliphatic rings. The average molecular weight is 727 g/mol. The standard InChI is InChI=1S/C41H38Cl2FN3O4/c1-29-24-36(38(43)25-40(29)51-41-15-14-35(26-45-41)50-28-32-4-2-3-5-37(32)42)39(16-22-48)47-20-18-46(19-21-47)27-31-8-6-30(7-9-31)17-23-49-34-12-10-33(44)11-13-34/h2-16,22,24-26H,17-21,23,27-28H2,1H3/b39-16+. The van der Waals surface area contributed by atoms with Crippen molar-refractivity contribution in [3.05, 3.63) is 153 Å². The van der Waals surface area contributed by atoms with E-state index in [1.54, 1.807) is 42.6 Å². The maximum Gasteiger partial charge on any atom is 0.219 e. The molecule has 4 aromatic carbocycles. The largest absolute Gasteiger partial charge is 0.493 e. The van der Waals surface area contributed by atoms with Crippen LogP contribution in [0.15, 0.2) is 109 Å². The first-order valence-corrected chi connectivity index (χ1v) is 17.5. The Labute approximate surface area is 307 Å². The highest BCUT2D eigenvalue weighted by molar-refractivity contribution is 6.32. The normalized spacial score (nSPS) is 13.6. The number of aryl methyl sites for hydroxylation is 1. The zero-order valence-electron chi connectivity index (χ0n) is 28.2. The van der Waals surface area contributed by atoms with Gasteiger partial charge in [0.2, 0.25) is 5.88 Å². The van der Waals surface area contributed by atoms with Crippen LogP contribution in [0.3, 0.4) is 0 Å². The second kappa shape index (κ2) is 17.4. The zero-order valence-corrected chi connectivity index (χ0v) is 29.7. The first-order chi connectivity index (χ1) is 24.8. The fourth-order valence-electron chi connectivity index (χ4n) is 5.84. The summed E-state index contributed by atoms with van der Waals surface area (Å²) in [5.41, 5.74) is 5.73. The topological polar surface area (TPSA) is 64.1 Å². The molecule has 2 heterocycles. The molecule has 10 heteroatoms. The van der Waals surface area contributed by atoms with E-state index in [2.05, 4.69) is 39.0 Å². The Hall–Kier alpha value is -4.89. The molecule has 262 valence electrons. The van der Waals surface area contributed by atoms with E-state index in [1.165, 1.54) is 23.3 Å². The van der Waals surface area contributed by atoms with Gasteiger partial charge in [-0.25, -0.2) is 9.37 Å². The summed E-state index contributed by atoms with van der Waals surface area (Å²) in [5.74, 6) is 1.95. The molecule has 0 bridgehead atoms. The van der Waals surface area contributed by atoms with Crippen LogP contribution in [-0.4, -0.2) is 53.9 Å². The zero-order chi connectivity index (χ0) is 35.6. The van der Waals surface area contributed by atoms with Gasteiger partial charge in [0.05, 0.1) is 17.8 Å². The molecule has 5 aromatic rings. The number of carbonyl (C=O) groups excluding carboxylic acids is 1. The number of benzene rings is 4. The molecule has 0 spiro atoms. The average Bonchev–Trinajstić information content (AvgIpc) is 3.14. The maximum atomic E-state index is 13.1. The summed E-state index contributed by atoms with van der Waals surface area (Å²) in [7, 11) is 0. The molecule has 0 N–H and O–H groups in total. The number of nitrogens with zero attached hydrogens (tertiary/aromatic N) is 3. The lowest BCUT2D eigenvalue weighted by atomic mass is 10.0. The Morgan fingerprint density at radius 2 is 1.57 bits per heavy atom. The molecule has 0 saturated carbocycles. The van der Waals surface area contributed by atoms with Gasteiger partial charge in [0.25, 0.3) is 0 Å². The second-order valence-corrected chi connectivity index (χ2v) is 13.0. The van der Waals surface area contributed by atoms with Gasteiger partial charge in [-0.1, -0.05) is 65.7 Å². The van der Waals surface area contributed by atoms with Gasteiger partial charge in [-0.05, 0) is 66.1 Å². The Morgan fingerprint density at radius 3 is 2.27 bits per heavy atom. The predicted octanol–water partition coefficient (Wildman–Crippen LogP) is 9.19. The molecule has 1 saturated heterocycles. The summed E-state index contributed by atoms with van der Waals surface area (Å²) >= 11 is 13.1. The van der Waals surface area contributed by atoms with Crippen molar-refractivity contribution in [3.63, 3.8) is 0 Å². The van der Waals surface area contributed by atoms with E-state index < -0.39 is 0 Å². The molecule has 0 amide bonds. The van der Waals surface area contributed by atoms with Crippen LogP contribution in [0.4, 0.5) is 4.39 Å². The molecule has 0 radical (unpaired) electrons. The number of hydrogen-bond acceptors (Lipinski definition) is 7. The number of hydrogen-bond donors (Lipinski definition) is 0. The van der Waals surface area contributed by atoms with Crippen molar-refractivity contribution >= 4 is 35.2 Å². The smallest absolute Gasteiger partial charge is 0.219 e. The number of aldehydes is 1. The minimum absolute atomic E-state index is 0.274. The minimum atomic E-state index is -0.274. The minimum Gasteiger partial charge on any atom is -0.493 e. The summed E-state index contributed by atoms with van der Waals surface area (Å²) in [6.45, 7) is 6.81. The van der Waals surface area contributed by atoms with Gasteiger partial charge in [0, 0.05) is 79.2 Å². The van der Waals surface area contributed by atoms with Crippen molar-refractivity contribution in [1.82, 2.24) is 14.8 Å². The Balaban J connectivity index is 1.01. The third-order valence-electron chi connectivity index (χ3n) is 8.66. The lowest BCUT2D eigenvalue weighted by Gasteiger charge is -2.37. The van der Waals surface area contributed by atoms with Crippen LogP contribution in [0.2, 0.25) is 10.0 Å². The molecule has 0 aliphatic carbocycles. The van der Waals surface area contributed by atoms with Gasteiger partial charge in [-0.2, -0.15) is 0 Å². The SMILES string of the molecule is Cc1cc(/C(=C\C=O)N2CCN(Cc3ccc(CCOc4ccc(F)cc4)cc3)CC2)c(Cl)cc1Oc1ccc(OCc2ccccc2Cl)cn1. The van der Waals surface area contributed by atoms with Crippen LogP contribution < -0.4 is 14.2 Å². The molecule has 1 aromatic heterocycles. The monoisotopic (exact) mass is 725 g/mol. The van der Waals surface area contributed by atoms with E-state index >= 15 is 0 Å². The molecule has 7 nitrogen and oxygen atoms in total. The van der Waals surface area contributed by atoms with E-state index in [9.17, 15) is 9.18 Å². The van der Waals surface area contributed by atoms with Gasteiger partial charge in [-0.15, -0.1) is 0 Å². The van der Waals surface area contributed by atoms with Gasteiger partial charge in [-0.3, -0.25) is 9.69 Å². The highest BCUT2D eigenvalue weighted by atomic mass is 35.5. The highest BCUT2D eigenvalue weighted by Gasteiger charge is 2.22. The Kier molecular flexibility index (Phi) is 12.2. The van der Waals surface area contributed by atoms with Crippen molar-refractivity contribution in [3.8, 4) is 23.1 Å². The van der Waals surface area contributed by atoms with E-state index in [1.807, 2.05) is 37.3 Å². The molecule has 1 aliphatic heterocycles. The predicted molar refractivity (Wildman–Crippen MR) is 199 cm³/mol. The quantitative estimate of drug-likeness (QED) is 0.0836. The third-order valence-corrected chi connectivity index (χ3v) is 9.34. The molecular weight excluding hydrogens is 688 g/mol. The van der Waals surface area contributed by atoms with Crippen LogP contribution in [0.25, 0.3) is 5.70 Å². The van der Waals surface area contributed by atoms with E-state index in [0.717, 1.165) is 67.8 Å². The summed E-state index contributed by atoms with van der Waals surface area (Å²) in [6.07, 6.45) is 4.76. The maximum absolute atomic E-state index is 13.1. The van der Waals surface area contributed by atoms with E-state index in [4.69, 9.17) is 37.4 Å². The Morgan fingerprint density at radius 1 is 0.843 bits per heavy atom. The van der Waals surface area contributed by atoms with Gasteiger partial charge in [0.15, 0.2) is 0 Å². The molecular formula is C41H38Cl2FN3O4. The van der Waals surface area contributed by atoms with Crippen LogP contribution in [0, 0.1) is 12.7 Å². The number of halogens is 3. The van der Waals surface area contributed by atoms with Crippen molar-refractivity contribution < 1.29 is 23.4 Å². The second-order valence-electron chi connectivity index (χ2n) is 12.2. The molecule has 6 rings (SSSR count). The number of piperazine rings is 1. The van der Waals surface area contributed by atoms with Gasteiger partial charge >= 0.3 is 0 Å². The molecule has 1 fully saturated rings. The summed E-state index contributed by atoms with van der Waals surface area (Å²) in [5, 5.41) is 1.13. The first kappa shape index (κ1) is 35.9. The number of ether oxygens (including phenoxy) is 3. The lowest BCUT2D eigenvalue weighted by molar-refractivity contribution is -0.104. The summed E-state index contributed by atoms with van der Waals surface area (Å²) in [6, 6.07) is 29.4. The molecule has 0 unspecified atom stereocenters. The number of pyridine rings is 1. The fourth-order valence-corrected chi connectivity index (χ4v) is 6.28. The van der Waals surface area contributed by atoms with Crippen LogP contribution in [0.5, 0.6) is 23.1 Å². The number of rotatable bonds is 14. The van der Waals surface area contributed by atoms with Crippen LogP contribution in [0.1, 0.15) is 27.8 Å². The van der Waals surface area contributed by atoms with Crippen LogP contribution >= 0.6 is 23.2 Å². The van der Waals surface area contributed by atoms with E-state index in [0.29, 0.717) is 46.4 Å². The van der Waals surface area contributed by atoms with Crippen LogP contribution in [-0.2, 0) is 24.4 Å². The molecule has 51 heavy (non-hydrogen) atoms. The first-order valence-electron chi connectivity index (χ1n) is 16.7. The fraction of sp³-hybridized carbons (Fsp3) is 0.220. The number of carbonyl (C=O) groups is 1. The van der Waals surface area contributed by atoms with Crippen molar-refractivity contribution in [2.75, 3.05) is 32.8 Å². The number of aromatic nitrogens is 1. The highest BCUT2D eigenvalue weighted by Crippen LogP contribution is 2.35. The molecule has 0 atom stereocenters. The van der Waals surface area contributed by atoms with Gasteiger partial charge in [0.1, 0.15) is 36.0 Å². The van der Waals surface area contributed by atoms with Crippen molar-refractivity contribution in [2.24, 2.45) is 0 Å².